The summed E-state index contributed by atoms with van der Waals surface area (Å²) in [6, 6.07) is 3.99. The van der Waals surface area contributed by atoms with Gasteiger partial charge in [0.05, 0.1) is 18.7 Å². The van der Waals surface area contributed by atoms with Gasteiger partial charge in [-0.3, -0.25) is 9.59 Å². The molecule has 1 rings (SSSR count). The van der Waals surface area contributed by atoms with E-state index in [0.717, 1.165) is 24.3 Å². The van der Waals surface area contributed by atoms with Gasteiger partial charge in [0.15, 0.2) is 6.61 Å². The number of hydrogen-bond acceptors (Lipinski definition) is 6. The topological polar surface area (TPSA) is 92.5 Å². The number of pyridine rings is 1. The van der Waals surface area contributed by atoms with Crippen molar-refractivity contribution in [3.8, 4) is 11.9 Å². The molecule has 0 saturated heterocycles. The monoisotopic (exact) mass is 331 g/mol. The highest BCUT2D eigenvalue weighted by Gasteiger charge is 2.28. The number of halogens is 3. The molecule has 0 N–H and O–H groups in total. The summed E-state index contributed by atoms with van der Waals surface area (Å²) in [4.78, 5) is 27.8. The first-order valence-corrected chi connectivity index (χ1v) is 6.15. The zero-order valence-electron chi connectivity index (χ0n) is 12.0. The van der Waals surface area contributed by atoms with Crippen LogP contribution in [0.15, 0.2) is 18.3 Å². The van der Waals surface area contributed by atoms with Gasteiger partial charge in [0.25, 0.3) is 5.91 Å². The fourth-order valence-electron chi connectivity index (χ4n) is 1.44. The Morgan fingerprint density at radius 2 is 2.09 bits per heavy atom. The highest BCUT2D eigenvalue weighted by atomic mass is 19.4. The standard InChI is InChI=1S/C13H12F3N3O4/c1-22-11(20)7-19(5-4-17)12(21)9-2-3-10(18-6-9)23-8-13(14,15)16/h2-3,6H,5,7-8H2,1H3. The quantitative estimate of drug-likeness (QED) is 0.574. The molecule has 0 aliphatic rings. The highest BCUT2D eigenvalue weighted by molar-refractivity contribution is 5.95. The number of nitrogens with zero attached hydrogens (tertiary/aromatic N) is 3. The second kappa shape index (κ2) is 7.98. The number of aromatic nitrogens is 1. The number of ether oxygens (including phenoxy) is 2. The SMILES string of the molecule is COC(=O)CN(CC#N)C(=O)c1ccc(OCC(F)(F)F)nc1. The fourth-order valence-corrected chi connectivity index (χ4v) is 1.44. The Kier molecular flexibility index (Phi) is 6.32. The van der Waals surface area contributed by atoms with Gasteiger partial charge >= 0.3 is 12.1 Å². The number of amides is 1. The van der Waals surface area contributed by atoms with Crippen molar-refractivity contribution in [1.29, 1.82) is 5.26 Å². The molecular weight excluding hydrogens is 319 g/mol. The Balaban J connectivity index is 2.78. The summed E-state index contributed by atoms with van der Waals surface area (Å²) >= 11 is 0. The smallest absolute Gasteiger partial charge is 0.422 e. The minimum Gasteiger partial charge on any atom is -0.468 e. The Morgan fingerprint density at radius 3 is 2.57 bits per heavy atom. The maximum Gasteiger partial charge on any atom is 0.422 e. The van der Waals surface area contributed by atoms with Gasteiger partial charge < -0.3 is 14.4 Å². The molecule has 0 fully saturated rings. The molecule has 0 spiro atoms. The van der Waals surface area contributed by atoms with Gasteiger partial charge in [-0.25, -0.2) is 4.98 Å². The van der Waals surface area contributed by atoms with Crippen LogP contribution in [-0.2, 0) is 9.53 Å². The van der Waals surface area contributed by atoms with Crippen molar-refractivity contribution in [3.63, 3.8) is 0 Å². The zero-order chi connectivity index (χ0) is 17.5. The summed E-state index contributed by atoms with van der Waals surface area (Å²) in [5.74, 6) is -1.71. The van der Waals surface area contributed by atoms with Crippen LogP contribution >= 0.6 is 0 Å². The molecule has 0 saturated carbocycles. The van der Waals surface area contributed by atoms with Gasteiger partial charge in [-0.1, -0.05) is 0 Å². The first-order valence-electron chi connectivity index (χ1n) is 6.15. The van der Waals surface area contributed by atoms with Crippen molar-refractivity contribution < 1.29 is 32.2 Å². The molecule has 0 aromatic carbocycles. The van der Waals surface area contributed by atoms with E-state index in [4.69, 9.17) is 5.26 Å². The summed E-state index contributed by atoms with van der Waals surface area (Å²) in [5.41, 5.74) is -0.0106. The van der Waals surface area contributed by atoms with Crippen molar-refractivity contribution in [3.05, 3.63) is 23.9 Å². The average Bonchev–Trinajstić information content (AvgIpc) is 2.51. The zero-order valence-corrected chi connectivity index (χ0v) is 12.0. The number of methoxy groups -OCH3 is 1. The molecule has 10 heteroatoms. The molecule has 124 valence electrons. The minimum absolute atomic E-state index is 0.0106. The summed E-state index contributed by atoms with van der Waals surface area (Å²) < 4.78 is 44.8. The van der Waals surface area contributed by atoms with Gasteiger partial charge in [-0.15, -0.1) is 0 Å². The Hall–Kier alpha value is -2.83. The van der Waals surface area contributed by atoms with Gasteiger partial charge in [-0.2, -0.15) is 18.4 Å². The van der Waals surface area contributed by atoms with Crippen LogP contribution in [0.4, 0.5) is 13.2 Å². The van der Waals surface area contributed by atoms with Crippen LogP contribution < -0.4 is 4.74 Å². The summed E-state index contributed by atoms with van der Waals surface area (Å²) in [6.45, 7) is -2.30. The van der Waals surface area contributed by atoms with Gasteiger partial charge in [-0.05, 0) is 6.07 Å². The molecule has 0 bridgehead atoms. The van der Waals surface area contributed by atoms with Crippen LogP contribution in [0, 0.1) is 11.3 Å². The van der Waals surface area contributed by atoms with Crippen LogP contribution in [0.3, 0.4) is 0 Å². The van der Waals surface area contributed by atoms with Gasteiger partial charge in [0.2, 0.25) is 5.88 Å². The van der Waals surface area contributed by atoms with Crippen molar-refractivity contribution in [2.75, 3.05) is 26.8 Å². The Bertz CT molecular complexity index is 596. The van der Waals surface area contributed by atoms with Crippen molar-refractivity contribution in [1.82, 2.24) is 9.88 Å². The third-order valence-corrected chi connectivity index (χ3v) is 2.46. The first-order chi connectivity index (χ1) is 10.8. The Labute approximate surface area is 129 Å². The normalized spacial score (nSPS) is 10.6. The van der Waals surface area contributed by atoms with Gasteiger partial charge in [0.1, 0.15) is 13.1 Å². The maximum absolute atomic E-state index is 12.1. The molecule has 1 aromatic rings. The summed E-state index contributed by atoms with van der Waals surface area (Å²) in [6.07, 6.45) is -3.50. The van der Waals surface area contributed by atoms with E-state index in [-0.39, 0.29) is 18.0 Å². The molecule has 0 aliphatic heterocycles. The van der Waals surface area contributed by atoms with Crippen molar-refractivity contribution in [2.45, 2.75) is 6.18 Å². The fraction of sp³-hybridized carbons (Fsp3) is 0.385. The summed E-state index contributed by atoms with van der Waals surface area (Å²) in [7, 11) is 1.13. The van der Waals surface area contributed by atoms with E-state index in [2.05, 4.69) is 14.5 Å². The molecular formula is C13H12F3N3O4. The number of carbonyl (C=O) groups is 2. The van der Waals surface area contributed by atoms with E-state index < -0.39 is 31.2 Å². The molecule has 1 aromatic heterocycles. The molecule has 0 aliphatic carbocycles. The van der Waals surface area contributed by atoms with E-state index in [0.29, 0.717) is 0 Å². The second-order valence-corrected chi connectivity index (χ2v) is 4.18. The lowest BCUT2D eigenvalue weighted by atomic mass is 10.2. The van der Waals surface area contributed by atoms with Gasteiger partial charge in [0, 0.05) is 12.3 Å². The van der Waals surface area contributed by atoms with E-state index in [1.165, 1.54) is 6.07 Å². The third-order valence-electron chi connectivity index (χ3n) is 2.46. The molecule has 23 heavy (non-hydrogen) atoms. The van der Waals surface area contributed by atoms with Crippen LogP contribution in [0.1, 0.15) is 10.4 Å². The first kappa shape index (κ1) is 18.2. The summed E-state index contributed by atoms with van der Waals surface area (Å²) in [5, 5.41) is 8.67. The van der Waals surface area contributed by atoms with Crippen molar-refractivity contribution in [2.24, 2.45) is 0 Å². The number of carbonyl (C=O) groups excluding carboxylic acids is 2. The highest BCUT2D eigenvalue weighted by Crippen LogP contribution is 2.17. The number of nitriles is 1. The Morgan fingerprint density at radius 1 is 1.39 bits per heavy atom. The third kappa shape index (κ3) is 6.21. The molecule has 0 atom stereocenters. The lowest BCUT2D eigenvalue weighted by Gasteiger charge is -2.18. The van der Waals surface area contributed by atoms with Crippen LogP contribution in [-0.4, -0.2) is 54.7 Å². The molecule has 1 amide bonds. The molecule has 1 heterocycles. The predicted molar refractivity (Wildman–Crippen MR) is 69.3 cm³/mol. The predicted octanol–water partition coefficient (Wildman–Crippen LogP) is 1.16. The number of esters is 1. The van der Waals surface area contributed by atoms with Crippen LogP contribution in [0.25, 0.3) is 0 Å². The van der Waals surface area contributed by atoms with E-state index >= 15 is 0 Å². The van der Waals surface area contributed by atoms with E-state index in [9.17, 15) is 22.8 Å². The van der Waals surface area contributed by atoms with E-state index in [1.54, 1.807) is 6.07 Å². The van der Waals surface area contributed by atoms with Crippen molar-refractivity contribution >= 4 is 11.9 Å². The number of alkyl halides is 3. The van der Waals surface area contributed by atoms with Crippen LogP contribution in [0.2, 0.25) is 0 Å². The molecule has 0 radical (unpaired) electrons. The van der Waals surface area contributed by atoms with Crippen LogP contribution in [0.5, 0.6) is 5.88 Å². The minimum atomic E-state index is -4.50. The lowest BCUT2D eigenvalue weighted by molar-refractivity contribution is -0.154. The largest absolute Gasteiger partial charge is 0.468 e. The van der Waals surface area contributed by atoms with E-state index in [1.807, 2.05) is 0 Å². The molecule has 7 nitrogen and oxygen atoms in total. The average molecular weight is 331 g/mol. The number of hydrogen-bond donors (Lipinski definition) is 0. The lowest BCUT2D eigenvalue weighted by Crippen LogP contribution is -2.36. The number of rotatable bonds is 6. The second-order valence-electron chi connectivity index (χ2n) is 4.18. The maximum atomic E-state index is 12.1. The molecule has 0 unspecified atom stereocenters.